The number of aromatic nitrogens is 4. The average molecular weight is 322 g/mol. The molecule has 1 atom stereocenters. The minimum absolute atomic E-state index is 0.226. The largest absolute Gasteiger partial charge is 0.307 e. The van der Waals surface area contributed by atoms with Crippen molar-refractivity contribution in [1.82, 2.24) is 19.6 Å². The second kappa shape index (κ2) is 6.79. The predicted molar refractivity (Wildman–Crippen MR) is 87.8 cm³/mol. The van der Waals surface area contributed by atoms with Crippen molar-refractivity contribution >= 4 is 29.4 Å². The Morgan fingerprint density at radius 3 is 2.86 bits per heavy atom. The summed E-state index contributed by atoms with van der Waals surface area (Å²) in [6.07, 6.45) is 5.73. The lowest BCUT2D eigenvalue weighted by atomic mass is 10.2. The number of hydrogen-bond donors (Lipinski definition) is 1. The molecule has 0 bridgehead atoms. The standard InChI is InChI=1S/C15H20ClN5O/c1-5-10(2)21-13(8-9-17-21)18-14(22)7-6-12-11(3)19-20(4)15(12)16/h6-10H,5H2,1-4H3,(H,18,22)/b7-6+. The van der Waals surface area contributed by atoms with Crippen LogP contribution in [-0.2, 0) is 11.8 Å². The lowest BCUT2D eigenvalue weighted by Gasteiger charge is -2.13. The summed E-state index contributed by atoms with van der Waals surface area (Å²) in [4.78, 5) is 12.1. The number of hydrogen-bond acceptors (Lipinski definition) is 3. The highest BCUT2D eigenvalue weighted by Crippen LogP contribution is 2.20. The van der Waals surface area contributed by atoms with Gasteiger partial charge in [0.05, 0.1) is 17.9 Å². The topological polar surface area (TPSA) is 64.7 Å². The Labute approximate surface area is 134 Å². The van der Waals surface area contributed by atoms with Gasteiger partial charge in [-0.05, 0) is 26.3 Å². The first-order valence-corrected chi connectivity index (χ1v) is 7.53. The van der Waals surface area contributed by atoms with Crippen molar-refractivity contribution in [3.63, 3.8) is 0 Å². The smallest absolute Gasteiger partial charge is 0.249 e. The molecule has 1 unspecified atom stereocenters. The van der Waals surface area contributed by atoms with Crippen LogP contribution in [0.4, 0.5) is 5.82 Å². The van der Waals surface area contributed by atoms with E-state index in [4.69, 9.17) is 11.6 Å². The molecule has 118 valence electrons. The minimum Gasteiger partial charge on any atom is -0.307 e. The highest BCUT2D eigenvalue weighted by atomic mass is 35.5. The van der Waals surface area contributed by atoms with Gasteiger partial charge in [-0.15, -0.1) is 0 Å². The van der Waals surface area contributed by atoms with E-state index in [9.17, 15) is 4.79 Å². The molecule has 0 aliphatic rings. The Morgan fingerprint density at radius 2 is 2.27 bits per heavy atom. The number of nitrogens with one attached hydrogen (secondary N) is 1. The quantitative estimate of drug-likeness (QED) is 0.860. The van der Waals surface area contributed by atoms with Crippen molar-refractivity contribution in [2.75, 3.05) is 5.32 Å². The van der Waals surface area contributed by atoms with Gasteiger partial charge in [0, 0.05) is 24.8 Å². The predicted octanol–water partition coefficient (Wildman–Crippen LogP) is 3.20. The van der Waals surface area contributed by atoms with E-state index in [1.165, 1.54) is 6.08 Å². The molecule has 2 heterocycles. The van der Waals surface area contributed by atoms with Crippen LogP contribution >= 0.6 is 11.6 Å². The molecule has 6 nitrogen and oxygen atoms in total. The van der Waals surface area contributed by atoms with Crippen molar-refractivity contribution in [3.8, 4) is 0 Å². The molecule has 2 aromatic heterocycles. The zero-order chi connectivity index (χ0) is 16.3. The molecule has 1 N–H and O–H groups in total. The zero-order valence-electron chi connectivity index (χ0n) is 13.2. The molecule has 7 heteroatoms. The first-order valence-electron chi connectivity index (χ1n) is 7.15. The highest BCUT2D eigenvalue weighted by molar-refractivity contribution is 6.31. The zero-order valence-corrected chi connectivity index (χ0v) is 13.9. The van der Waals surface area contributed by atoms with Crippen LogP contribution in [0.5, 0.6) is 0 Å². The Balaban J connectivity index is 2.11. The molecule has 22 heavy (non-hydrogen) atoms. The fraction of sp³-hybridized carbons (Fsp3) is 0.400. The van der Waals surface area contributed by atoms with Gasteiger partial charge in [0.1, 0.15) is 11.0 Å². The van der Waals surface area contributed by atoms with Gasteiger partial charge in [-0.2, -0.15) is 10.2 Å². The highest BCUT2D eigenvalue weighted by Gasteiger charge is 2.11. The van der Waals surface area contributed by atoms with Gasteiger partial charge in [-0.25, -0.2) is 4.68 Å². The summed E-state index contributed by atoms with van der Waals surface area (Å²) in [5.74, 6) is 0.447. The third-order valence-corrected chi connectivity index (χ3v) is 3.98. The Kier molecular flexibility index (Phi) is 5.03. The van der Waals surface area contributed by atoms with E-state index in [0.717, 1.165) is 17.7 Å². The molecule has 2 rings (SSSR count). The van der Waals surface area contributed by atoms with E-state index in [1.54, 1.807) is 34.8 Å². The first-order chi connectivity index (χ1) is 10.4. The fourth-order valence-corrected chi connectivity index (χ4v) is 2.34. The molecule has 0 aliphatic heterocycles. The van der Waals surface area contributed by atoms with Gasteiger partial charge >= 0.3 is 0 Å². The fourth-order valence-electron chi connectivity index (χ4n) is 2.10. The third-order valence-electron chi connectivity index (χ3n) is 3.53. The third kappa shape index (κ3) is 3.39. The maximum atomic E-state index is 12.1. The molecule has 0 spiro atoms. The van der Waals surface area contributed by atoms with E-state index in [0.29, 0.717) is 11.0 Å². The van der Waals surface area contributed by atoms with Gasteiger partial charge in [0.15, 0.2) is 0 Å². The molecule has 0 fully saturated rings. The van der Waals surface area contributed by atoms with Crippen LogP contribution in [0.15, 0.2) is 18.3 Å². The van der Waals surface area contributed by atoms with Crippen molar-refractivity contribution in [2.45, 2.75) is 33.2 Å². The maximum absolute atomic E-state index is 12.1. The molecule has 0 aliphatic carbocycles. The van der Waals surface area contributed by atoms with Crippen LogP contribution in [0.1, 0.15) is 37.6 Å². The average Bonchev–Trinajstić information content (AvgIpc) is 3.02. The van der Waals surface area contributed by atoms with Crippen LogP contribution < -0.4 is 5.32 Å². The van der Waals surface area contributed by atoms with Crippen molar-refractivity contribution < 1.29 is 4.79 Å². The summed E-state index contributed by atoms with van der Waals surface area (Å²) in [5.41, 5.74) is 1.52. The number of anilines is 1. The Bertz CT molecular complexity index is 701. The van der Waals surface area contributed by atoms with Crippen molar-refractivity contribution in [3.05, 3.63) is 34.7 Å². The second-order valence-electron chi connectivity index (χ2n) is 5.15. The SMILES string of the molecule is CCC(C)n1nccc1NC(=O)/C=C/c1c(C)nn(C)c1Cl. The normalized spacial score (nSPS) is 12.8. The lowest BCUT2D eigenvalue weighted by molar-refractivity contribution is -0.111. The molecule has 0 aromatic carbocycles. The number of carbonyl (C=O) groups excluding carboxylic acids is 1. The molecule has 1 amide bonds. The van der Waals surface area contributed by atoms with Gasteiger partial charge in [0.25, 0.3) is 0 Å². The minimum atomic E-state index is -0.232. The number of carbonyl (C=O) groups is 1. The molecular formula is C15H20ClN5O. The molecule has 0 radical (unpaired) electrons. The summed E-state index contributed by atoms with van der Waals surface area (Å²) in [6, 6.07) is 2.00. The van der Waals surface area contributed by atoms with Crippen LogP contribution in [0.2, 0.25) is 5.15 Å². The maximum Gasteiger partial charge on any atom is 0.249 e. The van der Waals surface area contributed by atoms with Crippen LogP contribution in [-0.4, -0.2) is 25.5 Å². The number of rotatable bonds is 5. The summed E-state index contributed by atoms with van der Waals surface area (Å²) in [5, 5.41) is 11.8. The molecule has 0 saturated carbocycles. The molecule has 0 saturated heterocycles. The summed E-state index contributed by atoms with van der Waals surface area (Å²) in [6.45, 7) is 5.98. The van der Waals surface area contributed by atoms with Gasteiger partial charge in [-0.1, -0.05) is 18.5 Å². The van der Waals surface area contributed by atoms with Crippen LogP contribution in [0.25, 0.3) is 6.08 Å². The van der Waals surface area contributed by atoms with Crippen molar-refractivity contribution in [2.24, 2.45) is 7.05 Å². The van der Waals surface area contributed by atoms with E-state index in [1.807, 2.05) is 6.92 Å². The number of aryl methyl sites for hydroxylation is 2. The van der Waals surface area contributed by atoms with Gasteiger partial charge < -0.3 is 5.32 Å². The van der Waals surface area contributed by atoms with Crippen LogP contribution in [0, 0.1) is 6.92 Å². The summed E-state index contributed by atoms with van der Waals surface area (Å²) in [7, 11) is 1.76. The number of halogens is 1. The van der Waals surface area contributed by atoms with E-state index < -0.39 is 0 Å². The Morgan fingerprint density at radius 1 is 1.55 bits per heavy atom. The molecular weight excluding hydrogens is 302 g/mol. The summed E-state index contributed by atoms with van der Waals surface area (Å²) >= 11 is 6.13. The lowest BCUT2D eigenvalue weighted by Crippen LogP contribution is -2.15. The monoisotopic (exact) mass is 321 g/mol. The molecule has 2 aromatic rings. The van der Waals surface area contributed by atoms with Gasteiger partial charge in [-0.3, -0.25) is 9.48 Å². The first kappa shape index (κ1) is 16.3. The number of amides is 1. The summed E-state index contributed by atoms with van der Waals surface area (Å²) < 4.78 is 3.38. The van der Waals surface area contributed by atoms with E-state index in [-0.39, 0.29) is 11.9 Å². The van der Waals surface area contributed by atoms with E-state index in [2.05, 4.69) is 29.4 Å². The van der Waals surface area contributed by atoms with Crippen LogP contribution in [0.3, 0.4) is 0 Å². The second-order valence-corrected chi connectivity index (χ2v) is 5.51. The van der Waals surface area contributed by atoms with Crippen molar-refractivity contribution in [1.29, 1.82) is 0 Å². The van der Waals surface area contributed by atoms with Gasteiger partial charge in [0.2, 0.25) is 5.91 Å². The number of nitrogens with zero attached hydrogens (tertiary/aromatic N) is 4. The Hall–Kier alpha value is -2.08. The van der Waals surface area contributed by atoms with E-state index >= 15 is 0 Å².